The maximum absolute atomic E-state index is 12.6. The molecule has 0 saturated carbocycles. The van der Waals surface area contributed by atoms with Gasteiger partial charge in [-0.2, -0.15) is 0 Å². The van der Waals surface area contributed by atoms with Gasteiger partial charge in [-0.05, 0) is 31.4 Å². The summed E-state index contributed by atoms with van der Waals surface area (Å²) < 4.78 is 4.60. The first kappa shape index (κ1) is 16.3. The van der Waals surface area contributed by atoms with Crippen molar-refractivity contribution in [2.75, 3.05) is 38.7 Å². The van der Waals surface area contributed by atoms with Crippen LogP contribution in [0.15, 0.2) is 18.3 Å². The zero-order chi connectivity index (χ0) is 15.9. The number of amides is 1. The first-order valence-corrected chi connectivity index (χ1v) is 7.65. The molecule has 120 valence electrons. The van der Waals surface area contributed by atoms with Gasteiger partial charge in [-0.15, -0.1) is 0 Å². The number of carbonyl (C=O) groups excluding carboxylic acids is 2. The molecule has 22 heavy (non-hydrogen) atoms. The first-order valence-electron chi connectivity index (χ1n) is 7.65. The number of carbonyl (C=O) groups is 2. The van der Waals surface area contributed by atoms with Crippen molar-refractivity contribution in [2.45, 2.75) is 25.7 Å². The number of anilines is 1. The predicted molar refractivity (Wildman–Crippen MR) is 83.9 cm³/mol. The van der Waals surface area contributed by atoms with E-state index in [0.717, 1.165) is 31.7 Å². The van der Waals surface area contributed by atoms with Crippen LogP contribution >= 0.6 is 0 Å². The fourth-order valence-corrected chi connectivity index (χ4v) is 2.61. The maximum atomic E-state index is 12.6. The summed E-state index contributed by atoms with van der Waals surface area (Å²) in [6, 6.07) is 3.61. The Morgan fingerprint density at radius 3 is 2.77 bits per heavy atom. The second kappa shape index (κ2) is 7.77. The number of hydrogen-bond donors (Lipinski definition) is 0. The number of nitrogens with zero attached hydrogens (tertiary/aromatic N) is 3. The Bertz CT molecular complexity index is 527. The number of methoxy groups -OCH3 is 1. The molecule has 6 heteroatoms. The molecular weight excluding hydrogens is 282 g/mol. The monoisotopic (exact) mass is 305 g/mol. The van der Waals surface area contributed by atoms with Crippen molar-refractivity contribution in [3.63, 3.8) is 0 Å². The molecule has 1 aromatic rings. The molecule has 1 aromatic heterocycles. The second-order valence-corrected chi connectivity index (χ2v) is 5.48. The predicted octanol–water partition coefficient (Wildman–Crippen LogP) is 1.71. The van der Waals surface area contributed by atoms with E-state index in [1.165, 1.54) is 7.11 Å². The highest BCUT2D eigenvalue weighted by Crippen LogP contribution is 2.22. The minimum atomic E-state index is -0.250. The van der Waals surface area contributed by atoms with Crippen LogP contribution in [0.5, 0.6) is 0 Å². The summed E-state index contributed by atoms with van der Waals surface area (Å²) in [6.07, 6.45) is 4.91. The van der Waals surface area contributed by atoms with Crippen LogP contribution in [0.1, 0.15) is 36.0 Å². The van der Waals surface area contributed by atoms with Gasteiger partial charge in [0.2, 0.25) is 0 Å². The summed E-state index contributed by atoms with van der Waals surface area (Å²) in [5.41, 5.74) is 0.630. The van der Waals surface area contributed by atoms with Gasteiger partial charge < -0.3 is 14.5 Å². The zero-order valence-corrected chi connectivity index (χ0v) is 13.2. The molecule has 1 amide bonds. The summed E-state index contributed by atoms with van der Waals surface area (Å²) in [5.74, 6) is 0.463. The molecule has 1 aliphatic heterocycles. The highest BCUT2D eigenvalue weighted by atomic mass is 16.5. The van der Waals surface area contributed by atoms with E-state index in [-0.39, 0.29) is 11.9 Å². The van der Waals surface area contributed by atoms with Crippen LogP contribution in [-0.2, 0) is 9.53 Å². The fourth-order valence-electron chi connectivity index (χ4n) is 2.61. The van der Waals surface area contributed by atoms with Crippen molar-refractivity contribution in [3.05, 3.63) is 23.9 Å². The number of aromatic nitrogens is 1. The fraction of sp³-hybridized carbons (Fsp3) is 0.562. The molecule has 0 bridgehead atoms. The van der Waals surface area contributed by atoms with Gasteiger partial charge in [0, 0.05) is 39.3 Å². The highest BCUT2D eigenvalue weighted by molar-refractivity contribution is 5.98. The smallest absolute Gasteiger partial charge is 0.305 e. The Balaban J connectivity index is 2.00. The molecule has 2 rings (SSSR count). The zero-order valence-electron chi connectivity index (χ0n) is 13.2. The van der Waals surface area contributed by atoms with E-state index >= 15 is 0 Å². The summed E-state index contributed by atoms with van der Waals surface area (Å²) in [5, 5.41) is 0. The molecule has 0 aliphatic carbocycles. The SMILES string of the molecule is COC(=O)CCCN(C)C(=O)c1cccnc1N1CCCC1. The summed E-state index contributed by atoms with van der Waals surface area (Å²) in [4.78, 5) is 31.9. The molecule has 0 atom stereocenters. The van der Waals surface area contributed by atoms with Crippen LogP contribution in [0.2, 0.25) is 0 Å². The van der Waals surface area contributed by atoms with Gasteiger partial charge in [-0.3, -0.25) is 9.59 Å². The lowest BCUT2D eigenvalue weighted by Gasteiger charge is -2.22. The second-order valence-electron chi connectivity index (χ2n) is 5.48. The van der Waals surface area contributed by atoms with E-state index in [1.807, 2.05) is 6.07 Å². The van der Waals surface area contributed by atoms with Gasteiger partial charge in [0.25, 0.3) is 5.91 Å². The Labute approximate surface area is 131 Å². The lowest BCUT2D eigenvalue weighted by Crippen LogP contribution is -2.31. The lowest BCUT2D eigenvalue weighted by atomic mass is 10.2. The number of esters is 1. The van der Waals surface area contributed by atoms with E-state index in [1.54, 1.807) is 24.2 Å². The number of rotatable bonds is 6. The van der Waals surface area contributed by atoms with Gasteiger partial charge >= 0.3 is 5.97 Å². The van der Waals surface area contributed by atoms with Crippen molar-refractivity contribution in [1.82, 2.24) is 9.88 Å². The Hall–Kier alpha value is -2.11. The standard InChI is InChI=1S/C16H23N3O3/c1-18(10-6-8-14(20)22-2)16(21)13-7-5-9-17-15(13)19-11-3-4-12-19/h5,7,9H,3-4,6,8,10-12H2,1-2H3. The molecule has 0 aromatic carbocycles. The number of hydrogen-bond acceptors (Lipinski definition) is 5. The molecule has 1 aliphatic rings. The maximum Gasteiger partial charge on any atom is 0.305 e. The van der Waals surface area contributed by atoms with Crippen LogP contribution in [0.4, 0.5) is 5.82 Å². The normalized spacial score (nSPS) is 14.0. The van der Waals surface area contributed by atoms with Crippen LogP contribution in [0.3, 0.4) is 0 Å². The van der Waals surface area contributed by atoms with Crippen LogP contribution in [0, 0.1) is 0 Å². The minimum absolute atomic E-state index is 0.0557. The molecule has 6 nitrogen and oxygen atoms in total. The van der Waals surface area contributed by atoms with Crippen LogP contribution in [-0.4, -0.2) is 55.6 Å². The molecule has 0 spiro atoms. The topological polar surface area (TPSA) is 62.7 Å². The van der Waals surface area contributed by atoms with Gasteiger partial charge in [-0.1, -0.05) is 0 Å². The number of pyridine rings is 1. The molecular formula is C16H23N3O3. The minimum Gasteiger partial charge on any atom is -0.469 e. The van der Waals surface area contributed by atoms with Gasteiger partial charge in [0.15, 0.2) is 0 Å². The van der Waals surface area contributed by atoms with E-state index in [0.29, 0.717) is 24.9 Å². The van der Waals surface area contributed by atoms with Gasteiger partial charge in [0.05, 0.1) is 12.7 Å². The summed E-state index contributed by atoms with van der Waals surface area (Å²) in [6.45, 7) is 2.41. The van der Waals surface area contributed by atoms with Gasteiger partial charge in [-0.25, -0.2) is 4.98 Å². The van der Waals surface area contributed by atoms with Crippen molar-refractivity contribution in [1.29, 1.82) is 0 Å². The Morgan fingerprint density at radius 2 is 2.09 bits per heavy atom. The third-order valence-electron chi connectivity index (χ3n) is 3.87. The van der Waals surface area contributed by atoms with E-state index < -0.39 is 0 Å². The van der Waals surface area contributed by atoms with E-state index in [4.69, 9.17) is 0 Å². The Morgan fingerprint density at radius 1 is 1.36 bits per heavy atom. The largest absolute Gasteiger partial charge is 0.469 e. The quantitative estimate of drug-likeness (QED) is 0.749. The van der Waals surface area contributed by atoms with Crippen molar-refractivity contribution in [3.8, 4) is 0 Å². The Kier molecular flexibility index (Phi) is 5.75. The van der Waals surface area contributed by atoms with Gasteiger partial charge in [0.1, 0.15) is 5.82 Å². The van der Waals surface area contributed by atoms with Crippen molar-refractivity contribution >= 4 is 17.7 Å². The third-order valence-corrected chi connectivity index (χ3v) is 3.87. The lowest BCUT2D eigenvalue weighted by molar-refractivity contribution is -0.140. The van der Waals surface area contributed by atoms with E-state index in [9.17, 15) is 9.59 Å². The molecule has 1 saturated heterocycles. The summed E-state index contributed by atoms with van der Waals surface area (Å²) >= 11 is 0. The molecule has 0 radical (unpaired) electrons. The molecule has 2 heterocycles. The molecule has 0 unspecified atom stereocenters. The number of ether oxygens (including phenoxy) is 1. The molecule has 0 N–H and O–H groups in total. The van der Waals surface area contributed by atoms with E-state index in [2.05, 4.69) is 14.6 Å². The molecule has 1 fully saturated rings. The summed E-state index contributed by atoms with van der Waals surface area (Å²) in [7, 11) is 3.12. The van der Waals surface area contributed by atoms with Crippen LogP contribution < -0.4 is 4.90 Å². The van der Waals surface area contributed by atoms with Crippen LogP contribution in [0.25, 0.3) is 0 Å². The van der Waals surface area contributed by atoms with Crippen molar-refractivity contribution < 1.29 is 14.3 Å². The average Bonchev–Trinajstić information content (AvgIpc) is 3.08. The van der Waals surface area contributed by atoms with Crippen molar-refractivity contribution in [2.24, 2.45) is 0 Å². The highest BCUT2D eigenvalue weighted by Gasteiger charge is 2.22. The average molecular weight is 305 g/mol. The first-order chi connectivity index (χ1) is 10.6. The third kappa shape index (κ3) is 3.96.